The van der Waals surface area contributed by atoms with E-state index in [4.69, 9.17) is 4.74 Å². The molecule has 0 fully saturated rings. The Balaban J connectivity index is 2.66. The number of aryl methyl sites for hydroxylation is 2. The van der Waals surface area contributed by atoms with Gasteiger partial charge in [0.05, 0.1) is 17.9 Å². The van der Waals surface area contributed by atoms with E-state index in [2.05, 4.69) is 6.07 Å². The molecule has 0 saturated heterocycles. The number of pyridine rings is 1. The predicted octanol–water partition coefficient (Wildman–Crippen LogP) is 2.98. The Hall–Kier alpha value is -2.20. The number of hydrogen-bond donors (Lipinski definition) is 0. The first-order chi connectivity index (χ1) is 10.5. The summed E-state index contributed by atoms with van der Waals surface area (Å²) < 4.78 is 6.72. The van der Waals surface area contributed by atoms with Gasteiger partial charge in [-0.05, 0) is 38.5 Å². The van der Waals surface area contributed by atoms with Gasteiger partial charge in [0.2, 0.25) is 0 Å². The molecule has 2 rings (SSSR count). The van der Waals surface area contributed by atoms with E-state index in [1.807, 2.05) is 32.0 Å². The fourth-order valence-electron chi connectivity index (χ4n) is 2.59. The molecule has 2 aromatic rings. The molecule has 116 valence electrons. The molecular weight excluding hydrogens is 278 g/mol. The average Bonchev–Trinajstić information content (AvgIpc) is 2.45. The summed E-state index contributed by atoms with van der Waals surface area (Å²) in [7, 11) is 1.59. The fraction of sp³-hybridized carbons (Fsp3) is 0.333. The number of nitrogens with zero attached hydrogens (tertiary/aromatic N) is 1. The zero-order valence-corrected chi connectivity index (χ0v) is 13.5. The van der Waals surface area contributed by atoms with Crippen molar-refractivity contribution >= 4 is 5.78 Å². The fourth-order valence-corrected chi connectivity index (χ4v) is 2.59. The first kappa shape index (κ1) is 16.2. The Morgan fingerprint density at radius 3 is 2.50 bits per heavy atom. The van der Waals surface area contributed by atoms with Crippen LogP contribution in [0.25, 0.3) is 11.3 Å². The molecule has 1 aromatic heterocycles. The highest BCUT2D eigenvalue weighted by atomic mass is 16.5. The van der Waals surface area contributed by atoms with Crippen molar-refractivity contribution in [1.29, 1.82) is 0 Å². The highest BCUT2D eigenvalue weighted by Crippen LogP contribution is 2.23. The Bertz CT molecular complexity index is 759. The van der Waals surface area contributed by atoms with E-state index in [0.717, 1.165) is 16.8 Å². The zero-order chi connectivity index (χ0) is 16.3. The monoisotopic (exact) mass is 299 g/mol. The van der Waals surface area contributed by atoms with E-state index in [1.165, 1.54) is 12.5 Å². The normalized spacial score (nSPS) is 10.7. The number of methoxy groups -OCH3 is 1. The van der Waals surface area contributed by atoms with Gasteiger partial charge in [0, 0.05) is 19.2 Å². The van der Waals surface area contributed by atoms with Gasteiger partial charge in [-0.3, -0.25) is 9.59 Å². The molecule has 0 saturated carbocycles. The second-order valence-corrected chi connectivity index (χ2v) is 5.46. The predicted molar refractivity (Wildman–Crippen MR) is 87.5 cm³/mol. The number of benzene rings is 1. The maximum atomic E-state index is 12.6. The highest BCUT2D eigenvalue weighted by molar-refractivity contribution is 5.94. The quantitative estimate of drug-likeness (QED) is 0.797. The van der Waals surface area contributed by atoms with Crippen molar-refractivity contribution in [1.82, 2.24) is 4.57 Å². The Morgan fingerprint density at radius 1 is 1.18 bits per heavy atom. The van der Waals surface area contributed by atoms with Gasteiger partial charge in [-0.15, -0.1) is 0 Å². The number of aromatic nitrogens is 1. The van der Waals surface area contributed by atoms with Gasteiger partial charge in [-0.2, -0.15) is 0 Å². The number of rotatable bonds is 5. The van der Waals surface area contributed by atoms with Gasteiger partial charge in [0.25, 0.3) is 5.56 Å². The molecule has 4 nitrogen and oxygen atoms in total. The van der Waals surface area contributed by atoms with Crippen LogP contribution in [0.3, 0.4) is 0 Å². The smallest absolute Gasteiger partial charge is 0.261 e. The average molecular weight is 299 g/mol. The van der Waals surface area contributed by atoms with Gasteiger partial charge in [0.15, 0.2) is 5.78 Å². The van der Waals surface area contributed by atoms with Crippen molar-refractivity contribution in [2.75, 3.05) is 13.7 Å². The Kier molecular flexibility index (Phi) is 4.93. The van der Waals surface area contributed by atoms with Crippen LogP contribution < -0.4 is 5.56 Å². The van der Waals surface area contributed by atoms with Gasteiger partial charge in [-0.1, -0.05) is 23.8 Å². The first-order valence-electron chi connectivity index (χ1n) is 7.27. The van der Waals surface area contributed by atoms with Crippen LogP contribution in [0, 0.1) is 13.8 Å². The van der Waals surface area contributed by atoms with E-state index < -0.39 is 0 Å². The number of ketones is 1. The van der Waals surface area contributed by atoms with Crippen LogP contribution in [-0.2, 0) is 11.3 Å². The number of Topliss-reactive ketones (excluding diaryl/α,β-unsaturated/α-hetero) is 1. The number of ether oxygens (including phenoxy) is 1. The molecule has 0 aliphatic carbocycles. The zero-order valence-electron chi connectivity index (χ0n) is 13.5. The van der Waals surface area contributed by atoms with Crippen molar-refractivity contribution in [2.45, 2.75) is 27.3 Å². The molecule has 22 heavy (non-hydrogen) atoms. The minimum Gasteiger partial charge on any atom is -0.383 e. The lowest BCUT2D eigenvalue weighted by atomic mass is 10.0. The summed E-state index contributed by atoms with van der Waals surface area (Å²) in [4.78, 5) is 24.2. The van der Waals surface area contributed by atoms with Gasteiger partial charge < -0.3 is 9.30 Å². The molecule has 0 radical (unpaired) electrons. The van der Waals surface area contributed by atoms with Crippen LogP contribution in [0.5, 0.6) is 0 Å². The Morgan fingerprint density at radius 2 is 1.91 bits per heavy atom. The summed E-state index contributed by atoms with van der Waals surface area (Å²) in [6, 6.07) is 9.57. The maximum absolute atomic E-state index is 12.6. The summed E-state index contributed by atoms with van der Waals surface area (Å²) in [5, 5.41) is 0. The van der Waals surface area contributed by atoms with Crippen LogP contribution in [-0.4, -0.2) is 24.1 Å². The lowest BCUT2D eigenvalue weighted by Crippen LogP contribution is -2.28. The van der Waals surface area contributed by atoms with Crippen LogP contribution in [0.2, 0.25) is 0 Å². The van der Waals surface area contributed by atoms with Crippen LogP contribution in [0.15, 0.2) is 35.1 Å². The lowest BCUT2D eigenvalue weighted by molar-refractivity contribution is 0.101. The van der Waals surface area contributed by atoms with Gasteiger partial charge >= 0.3 is 0 Å². The third kappa shape index (κ3) is 3.17. The van der Waals surface area contributed by atoms with Gasteiger partial charge in [-0.25, -0.2) is 0 Å². The maximum Gasteiger partial charge on any atom is 0.261 e. The summed E-state index contributed by atoms with van der Waals surface area (Å²) in [6.45, 7) is 6.30. The van der Waals surface area contributed by atoms with Crippen LogP contribution in [0.4, 0.5) is 0 Å². The second kappa shape index (κ2) is 6.71. The largest absolute Gasteiger partial charge is 0.383 e. The molecule has 0 atom stereocenters. The molecule has 0 aliphatic rings. The van der Waals surface area contributed by atoms with E-state index in [1.54, 1.807) is 17.7 Å². The molecule has 1 heterocycles. The molecule has 0 spiro atoms. The van der Waals surface area contributed by atoms with E-state index in [9.17, 15) is 9.59 Å². The van der Waals surface area contributed by atoms with Crippen LogP contribution >= 0.6 is 0 Å². The molecule has 4 heteroatoms. The van der Waals surface area contributed by atoms with Crippen molar-refractivity contribution in [3.05, 3.63) is 57.4 Å². The number of hydrogen-bond acceptors (Lipinski definition) is 3. The SMILES string of the molecule is COCCn1c(-c2ccc(C)cc2C)ccc(C(C)=O)c1=O. The van der Waals surface area contributed by atoms with Crippen molar-refractivity contribution < 1.29 is 9.53 Å². The first-order valence-corrected chi connectivity index (χ1v) is 7.27. The molecule has 0 N–H and O–H groups in total. The summed E-state index contributed by atoms with van der Waals surface area (Å²) in [5.41, 5.74) is 4.03. The van der Waals surface area contributed by atoms with E-state index in [0.29, 0.717) is 13.2 Å². The van der Waals surface area contributed by atoms with Crippen LogP contribution in [0.1, 0.15) is 28.4 Å². The lowest BCUT2D eigenvalue weighted by Gasteiger charge is -2.16. The molecule has 1 aromatic carbocycles. The standard InChI is InChI=1S/C18H21NO3/c1-12-5-6-15(13(2)11-12)17-8-7-16(14(3)20)18(21)19(17)9-10-22-4/h5-8,11H,9-10H2,1-4H3. The molecule has 0 bridgehead atoms. The minimum atomic E-state index is -0.262. The van der Waals surface area contributed by atoms with Crippen molar-refractivity contribution in [2.24, 2.45) is 0 Å². The minimum absolute atomic E-state index is 0.213. The topological polar surface area (TPSA) is 48.3 Å². The third-order valence-electron chi connectivity index (χ3n) is 3.73. The summed E-state index contributed by atoms with van der Waals surface area (Å²) in [5.74, 6) is -0.219. The Labute approximate surface area is 130 Å². The third-order valence-corrected chi connectivity index (χ3v) is 3.73. The number of carbonyl (C=O) groups excluding carboxylic acids is 1. The summed E-state index contributed by atoms with van der Waals surface area (Å²) in [6.07, 6.45) is 0. The second-order valence-electron chi connectivity index (χ2n) is 5.46. The van der Waals surface area contributed by atoms with E-state index >= 15 is 0 Å². The van der Waals surface area contributed by atoms with E-state index in [-0.39, 0.29) is 16.9 Å². The van der Waals surface area contributed by atoms with Gasteiger partial charge in [0.1, 0.15) is 0 Å². The summed E-state index contributed by atoms with van der Waals surface area (Å²) >= 11 is 0. The molecule has 0 amide bonds. The molecular formula is C18H21NO3. The number of carbonyl (C=O) groups is 1. The van der Waals surface area contributed by atoms with Crippen molar-refractivity contribution in [3.8, 4) is 11.3 Å². The molecule has 0 unspecified atom stereocenters. The highest BCUT2D eigenvalue weighted by Gasteiger charge is 2.14. The van der Waals surface area contributed by atoms with Crippen molar-refractivity contribution in [3.63, 3.8) is 0 Å². The molecule has 0 aliphatic heterocycles.